The first-order valence-corrected chi connectivity index (χ1v) is 8.67. The van der Waals surface area contributed by atoms with Crippen molar-refractivity contribution < 1.29 is 4.79 Å². The molecule has 21 heavy (non-hydrogen) atoms. The lowest BCUT2D eigenvalue weighted by molar-refractivity contribution is 0.0958. The Labute approximate surface area is 131 Å². The van der Waals surface area contributed by atoms with Gasteiger partial charge in [-0.25, -0.2) is 0 Å². The fourth-order valence-corrected chi connectivity index (χ4v) is 3.74. The van der Waals surface area contributed by atoms with Crippen LogP contribution in [0, 0.1) is 5.41 Å². The molecule has 1 saturated heterocycles. The predicted octanol–water partition coefficient (Wildman–Crippen LogP) is 3.49. The minimum Gasteiger partial charge on any atom is -0.397 e. The highest BCUT2D eigenvalue weighted by Crippen LogP contribution is 2.36. The largest absolute Gasteiger partial charge is 0.397 e. The highest BCUT2D eigenvalue weighted by atomic mass is 32.1. The van der Waals surface area contributed by atoms with Crippen molar-refractivity contribution in [3.8, 4) is 0 Å². The van der Waals surface area contributed by atoms with E-state index in [2.05, 4.69) is 24.1 Å². The van der Waals surface area contributed by atoms with Crippen molar-refractivity contribution in [3.05, 3.63) is 10.9 Å². The number of nitrogens with one attached hydrogen (secondary N) is 1. The fraction of sp³-hybridized carbons (Fsp3) is 0.688. The third-order valence-electron chi connectivity index (χ3n) is 4.14. The fourth-order valence-electron chi connectivity index (χ4n) is 2.69. The lowest BCUT2D eigenvalue weighted by Gasteiger charge is -2.23. The number of hydrogen-bond donors (Lipinski definition) is 2. The summed E-state index contributed by atoms with van der Waals surface area (Å²) in [4.78, 5) is 15.1. The molecule has 1 amide bonds. The molecule has 0 atom stereocenters. The van der Waals surface area contributed by atoms with Crippen LogP contribution in [0.1, 0.15) is 56.1 Å². The molecule has 5 heteroatoms. The molecule has 118 valence electrons. The molecule has 1 aromatic heterocycles. The Morgan fingerprint density at radius 3 is 2.90 bits per heavy atom. The molecule has 0 saturated carbocycles. The van der Waals surface area contributed by atoms with E-state index in [0.29, 0.717) is 22.5 Å². The second kappa shape index (κ2) is 6.69. The van der Waals surface area contributed by atoms with Crippen molar-refractivity contribution in [1.29, 1.82) is 0 Å². The predicted molar refractivity (Wildman–Crippen MR) is 91.2 cm³/mol. The van der Waals surface area contributed by atoms with Gasteiger partial charge in [0, 0.05) is 19.6 Å². The van der Waals surface area contributed by atoms with Gasteiger partial charge in [-0.1, -0.05) is 20.8 Å². The molecule has 1 aliphatic heterocycles. The summed E-state index contributed by atoms with van der Waals surface area (Å²) in [7, 11) is 0. The van der Waals surface area contributed by atoms with Gasteiger partial charge in [-0.2, -0.15) is 0 Å². The van der Waals surface area contributed by atoms with E-state index in [9.17, 15) is 4.79 Å². The zero-order chi connectivity index (χ0) is 15.5. The molecule has 0 bridgehead atoms. The zero-order valence-electron chi connectivity index (χ0n) is 13.4. The Balaban J connectivity index is 2.09. The third kappa shape index (κ3) is 4.13. The minimum atomic E-state index is -0.0410. The van der Waals surface area contributed by atoms with Gasteiger partial charge in [0.05, 0.1) is 10.7 Å². The number of anilines is 2. The number of rotatable bonds is 4. The zero-order valence-corrected chi connectivity index (χ0v) is 14.2. The summed E-state index contributed by atoms with van der Waals surface area (Å²) in [5.41, 5.74) is 7.06. The molecule has 2 rings (SSSR count). The van der Waals surface area contributed by atoms with Crippen molar-refractivity contribution in [3.63, 3.8) is 0 Å². The van der Waals surface area contributed by atoms with Gasteiger partial charge in [0.15, 0.2) is 0 Å². The van der Waals surface area contributed by atoms with Crippen LogP contribution in [0.3, 0.4) is 0 Å². The van der Waals surface area contributed by atoms with Crippen LogP contribution in [0.5, 0.6) is 0 Å². The van der Waals surface area contributed by atoms with E-state index in [1.165, 1.54) is 30.6 Å². The molecular weight excluding hydrogens is 282 g/mol. The maximum atomic E-state index is 12.1. The molecule has 1 aliphatic rings. The summed E-state index contributed by atoms with van der Waals surface area (Å²) >= 11 is 1.52. The molecule has 0 aliphatic carbocycles. The Kier molecular flexibility index (Phi) is 5.14. The molecule has 1 aromatic rings. The maximum absolute atomic E-state index is 12.1. The summed E-state index contributed by atoms with van der Waals surface area (Å²) in [6.07, 6.45) is 4.57. The normalized spacial score (nSPS) is 18.3. The summed E-state index contributed by atoms with van der Waals surface area (Å²) in [6, 6.07) is 1.96. The summed E-state index contributed by atoms with van der Waals surface area (Å²) < 4.78 is 0. The van der Waals surface area contributed by atoms with Crippen molar-refractivity contribution in [2.45, 2.75) is 46.5 Å². The van der Waals surface area contributed by atoms with Crippen molar-refractivity contribution >= 4 is 27.9 Å². The number of thiophene rings is 1. The van der Waals surface area contributed by atoms with Gasteiger partial charge < -0.3 is 16.0 Å². The van der Waals surface area contributed by atoms with Crippen molar-refractivity contribution in [1.82, 2.24) is 5.32 Å². The molecule has 3 N–H and O–H groups in total. The molecule has 0 radical (unpaired) electrons. The lowest BCUT2D eigenvalue weighted by Crippen LogP contribution is -2.24. The van der Waals surface area contributed by atoms with E-state index in [4.69, 9.17) is 5.73 Å². The molecule has 2 heterocycles. The Morgan fingerprint density at radius 1 is 1.43 bits per heavy atom. The third-order valence-corrected chi connectivity index (χ3v) is 5.35. The average Bonchev–Trinajstić information content (AvgIpc) is 2.71. The first-order valence-electron chi connectivity index (χ1n) is 7.85. The lowest BCUT2D eigenvalue weighted by atomic mass is 9.85. The van der Waals surface area contributed by atoms with E-state index >= 15 is 0 Å². The molecule has 1 fully saturated rings. The van der Waals surface area contributed by atoms with E-state index in [0.717, 1.165) is 24.5 Å². The van der Waals surface area contributed by atoms with Crippen LogP contribution in [-0.4, -0.2) is 25.5 Å². The number of nitrogen functional groups attached to an aromatic ring is 1. The van der Waals surface area contributed by atoms with E-state index in [1.807, 2.05) is 13.0 Å². The molecule has 0 spiro atoms. The number of carbonyl (C=O) groups is 1. The SMILES string of the molecule is CCCNC(=O)c1sc(N2CCCC(C)(C)CC2)cc1N. The van der Waals surface area contributed by atoms with Gasteiger partial charge >= 0.3 is 0 Å². The Bertz CT molecular complexity index is 496. The van der Waals surface area contributed by atoms with E-state index in [-0.39, 0.29) is 5.91 Å². The van der Waals surface area contributed by atoms with E-state index < -0.39 is 0 Å². The van der Waals surface area contributed by atoms with Gasteiger partial charge in [0.1, 0.15) is 4.88 Å². The first kappa shape index (κ1) is 16.1. The Morgan fingerprint density at radius 2 is 2.19 bits per heavy atom. The minimum absolute atomic E-state index is 0.0410. The second-order valence-electron chi connectivity index (χ2n) is 6.63. The van der Waals surface area contributed by atoms with E-state index in [1.54, 1.807) is 0 Å². The second-order valence-corrected chi connectivity index (χ2v) is 7.66. The van der Waals surface area contributed by atoms with Gasteiger partial charge in [-0.05, 0) is 37.2 Å². The molecule has 0 unspecified atom stereocenters. The molecule has 0 aromatic carbocycles. The van der Waals surface area contributed by atoms with Crippen molar-refractivity contribution in [2.75, 3.05) is 30.3 Å². The summed E-state index contributed by atoms with van der Waals surface area (Å²) in [5.74, 6) is -0.0410. The van der Waals surface area contributed by atoms with Gasteiger partial charge in [-0.15, -0.1) is 11.3 Å². The topological polar surface area (TPSA) is 58.4 Å². The highest BCUT2D eigenvalue weighted by molar-refractivity contribution is 7.18. The molecular formula is C16H27N3OS. The van der Waals surface area contributed by atoms with Crippen LogP contribution in [0.25, 0.3) is 0 Å². The number of nitrogens with zero attached hydrogens (tertiary/aromatic N) is 1. The average molecular weight is 309 g/mol. The number of amides is 1. The monoisotopic (exact) mass is 309 g/mol. The standard InChI is InChI=1S/C16H27N3OS/c1-4-8-18-15(20)14-12(17)11-13(21-14)19-9-5-6-16(2,3)7-10-19/h11H,4-10,17H2,1-3H3,(H,18,20). The van der Waals surface area contributed by atoms with Gasteiger partial charge in [0.2, 0.25) is 0 Å². The summed E-state index contributed by atoms with van der Waals surface area (Å²) in [5, 5.41) is 4.04. The van der Waals surface area contributed by atoms with Gasteiger partial charge in [-0.3, -0.25) is 4.79 Å². The van der Waals surface area contributed by atoms with Crippen LogP contribution in [0.2, 0.25) is 0 Å². The van der Waals surface area contributed by atoms with Crippen LogP contribution >= 0.6 is 11.3 Å². The van der Waals surface area contributed by atoms with Crippen LogP contribution in [0.15, 0.2) is 6.07 Å². The van der Waals surface area contributed by atoms with Crippen LogP contribution in [-0.2, 0) is 0 Å². The highest BCUT2D eigenvalue weighted by Gasteiger charge is 2.25. The van der Waals surface area contributed by atoms with Gasteiger partial charge in [0.25, 0.3) is 5.91 Å². The first-order chi connectivity index (χ1) is 9.93. The number of carbonyl (C=O) groups excluding carboxylic acids is 1. The Hall–Kier alpha value is -1.23. The smallest absolute Gasteiger partial charge is 0.263 e. The maximum Gasteiger partial charge on any atom is 0.263 e. The summed E-state index contributed by atoms with van der Waals surface area (Å²) in [6.45, 7) is 9.51. The number of nitrogens with two attached hydrogens (primary N) is 1. The van der Waals surface area contributed by atoms with Crippen LogP contribution in [0.4, 0.5) is 10.7 Å². The van der Waals surface area contributed by atoms with Crippen LogP contribution < -0.4 is 16.0 Å². The quantitative estimate of drug-likeness (QED) is 0.895. The number of hydrogen-bond acceptors (Lipinski definition) is 4. The van der Waals surface area contributed by atoms with Crippen molar-refractivity contribution in [2.24, 2.45) is 5.41 Å². The molecule has 4 nitrogen and oxygen atoms in total.